The maximum Gasteiger partial charge on any atom is 0.320 e. The van der Waals surface area contributed by atoms with Gasteiger partial charge >= 0.3 is 6.01 Å². The minimum atomic E-state index is -3.38. The molecule has 1 rings (SSSR count). The highest BCUT2D eigenvalue weighted by Gasteiger charge is 2.13. The minimum absolute atomic E-state index is 0.0372. The number of hydrogen-bond donors (Lipinski definition) is 0. The predicted molar refractivity (Wildman–Crippen MR) is 48.2 cm³/mol. The highest BCUT2D eigenvalue weighted by molar-refractivity contribution is 7.90. The van der Waals surface area contributed by atoms with Crippen LogP contribution in [-0.2, 0) is 9.84 Å². The van der Waals surface area contributed by atoms with Crippen LogP contribution in [0.3, 0.4) is 0 Å². The summed E-state index contributed by atoms with van der Waals surface area (Å²) in [4.78, 5) is 7.43. The molecule has 0 saturated heterocycles. The van der Waals surface area contributed by atoms with Gasteiger partial charge in [-0.05, 0) is 0 Å². The van der Waals surface area contributed by atoms with Gasteiger partial charge in [-0.2, -0.15) is 9.97 Å². The lowest BCUT2D eigenvalue weighted by molar-refractivity contribution is 0.346. The average Bonchev–Trinajstić information content (AvgIpc) is 2.15. The van der Waals surface area contributed by atoms with E-state index < -0.39 is 9.84 Å². The van der Waals surface area contributed by atoms with Gasteiger partial charge in [0.15, 0.2) is 14.9 Å². The first-order valence-electron chi connectivity index (χ1n) is 3.64. The average molecular weight is 218 g/mol. The summed E-state index contributed by atoms with van der Waals surface area (Å²) in [6, 6.07) is 1.20. The number of ether oxygens (including phenoxy) is 2. The van der Waals surface area contributed by atoms with Gasteiger partial charge in [-0.25, -0.2) is 8.42 Å². The summed E-state index contributed by atoms with van der Waals surface area (Å²) < 4.78 is 31.9. The van der Waals surface area contributed by atoms with Gasteiger partial charge in [-0.1, -0.05) is 0 Å². The second-order valence-electron chi connectivity index (χ2n) is 2.51. The van der Waals surface area contributed by atoms with Gasteiger partial charge in [0.25, 0.3) is 0 Å². The fraction of sp³-hybridized carbons (Fsp3) is 0.429. The van der Waals surface area contributed by atoms with Gasteiger partial charge < -0.3 is 9.47 Å². The van der Waals surface area contributed by atoms with Crippen molar-refractivity contribution in [1.29, 1.82) is 0 Å². The third-order valence-electron chi connectivity index (χ3n) is 1.43. The van der Waals surface area contributed by atoms with Gasteiger partial charge in [0.1, 0.15) is 0 Å². The molecule has 1 heterocycles. The Morgan fingerprint density at radius 3 is 2.29 bits per heavy atom. The highest BCUT2D eigenvalue weighted by Crippen LogP contribution is 2.16. The summed E-state index contributed by atoms with van der Waals surface area (Å²) in [7, 11) is -0.648. The molecule has 0 saturated carbocycles. The molecule has 0 aliphatic heterocycles. The zero-order valence-electron chi connectivity index (χ0n) is 8.01. The summed E-state index contributed by atoms with van der Waals surface area (Å²) in [6.45, 7) is 0. The van der Waals surface area contributed by atoms with E-state index in [0.29, 0.717) is 0 Å². The summed E-state index contributed by atoms with van der Waals surface area (Å²) in [5.74, 6) is 0.150. The monoisotopic (exact) mass is 218 g/mol. The van der Waals surface area contributed by atoms with E-state index in [1.165, 1.54) is 20.3 Å². The Hall–Kier alpha value is -1.37. The second-order valence-corrected chi connectivity index (χ2v) is 4.47. The second kappa shape index (κ2) is 3.79. The molecule has 0 amide bonds. The highest BCUT2D eigenvalue weighted by atomic mass is 32.2. The Labute approximate surface area is 81.8 Å². The first-order chi connectivity index (χ1) is 6.47. The molecule has 0 spiro atoms. The van der Waals surface area contributed by atoms with Crippen molar-refractivity contribution >= 4 is 9.84 Å². The van der Waals surface area contributed by atoms with Crippen LogP contribution in [0, 0.1) is 0 Å². The van der Waals surface area contributed by atoms with Gasteiger partial charge in [0.2, 0.25) is 5.88 Å². The molecule has 14 heavy (non-hydrogen) atoms. The van der Waals surface area contributed by atoms with Gasteiger partial charge in [0, 0.05) is 12.3 Å². The topological polar surface area (TPSA) is 78.4 Å². The molecule has 78 valence electrons. The molecule has 0 unspecified atom stereocenters. The Morgan fingerprint density at radius 1 is 1.21 bits per heavy atom. The zero-order chi connectivity index (χ0) is 10.8. The third-order valence-corrected chi connectivity index (χ3v) is 2.40. The molecule has 0 bridgehead atoms. The number of aromatic nitrogens is 2. The van der Waals surface area contributed by atoms with E-state index >= 15 is 0 Å². The summed E-state index contributed by atoms with van der Waals surface area (Å²) in [5, 5.41) is -0.124. The zero-order valence-corrected chi connectivity index (χ0v) is 8.83. The smallest absolute Gasteiger partial charge is 0.320 e. The summed E-state index contributed by atoms with van der Waals surface area (Å²) in [5.41, 5.74) is 0. The Kier molecular flexibility index (Phi) is 2.90. The number of methoxy groups -OCH3 is 2. The molecule has 0 atom stereocenters. The van der Waals surface area contributed by atoms with Crippen molar-refractivity contribution in [1.82, 2.24) is 9.97 Å². The van der Waals surface area contributed by atoms with Crippen LogP contribution in [-0.4, -0.2) is 38.9 Å². The lowest BCUT2D eigenvalue weighted by Crippen LogP contribution is -2.04. The van der Waals surface area contributed by atoms with Crippen LogP contribution < -0.4 is 9.47 Å². The lowest BCUT2D eigenvalue weighted by Gasteiger charge is -2.04. The van der Waals surface area contributed by atoms with Gasteiger partial charge in [-0.3, -0.25) is 0 Å². The van der Waals surface area contributed by atoms with Crippen LogP contribution in [0.2, 0.25) is 0 Å². The number of nitrogens with zero attached hydrogens (tertiary/aromatic N) is 2. The number of rotatable bonds is 3. The number of sulfone groups is 1. The van der Waals surface area contributed by atoms with Crippen LogP contribution in [0.15, 0.2) is 11.1 Å². The quantitative estimate of drug-likeness (QED) is 0.659. The molecule has 0 fully saturated rings. The maximum atomic E-state index is 11.2. The van der Waals surface area contributed by atoms with Gasteiger partial charge in [0.05, 0.1) is 14.2 Å². The van der Waals surface area contributed by atoms with Crippen LogP contribution in [0.5, 0.6) is 11.9 Å². The van der Waals surface area contributed by atoms with Gasteiger partial charge in [-0.15, -0.1) is 0 Å². The van der Waals surface area contributed by atoms with Crippen LogP contribution in [0.4, 0.5) is 0 Å². The molecular weight excluding hydrogens is 208 g/mol. The number of hydrogen-bond acceptors (Lipinski definition) is 6. The molecule has 0 aliphatic rings. The lowest BCUT2D eigenvalue weighted by atomic mass is 10.6. The normalized spacial score (nSPS) is 11.1. The van der Waals surface area contributed by atoms with E-state index in [1.54, 1.807) is 0 Å². The Morgan fingerprint density at radius 2 is 1.86 bits per heavy atom. The van der Waals surface area contributed by atoms with Crippen LogP contribution in [0.25, 0.3) is 0 Å². The fourth-order valence-corrected chi connectivity index (χ4v) is 1.33. The standard InChI is InChI=1S/C7H10N2O4S/c1-12-5-4-6(14(3,10)11)9-7(8-5)13-2/h4H,1-3H3. The molecule has 6 nitrogen and oxygen atoms in total. The van der Waals surface area contributed by atoms with E-state index in [1.807, 2.05) is 0 Å². The molecule has 1 aromatic rings. The van der Waals surface area contributed by atoms with E-state index in [4.69, 9.17) is 9.47 Å². The van der Waals surface area contributed by atoms with Crippen LogP contribution in [0.1, 0.15) is 0 Å². The van der Waals surface area contributed by atoms with E-state index in [9.17, 15) is 8.42 Å². The molecule has 0 N–H and O–H groups in total. The van der Waals surface area contributed by atoms with Crippen LogP contribution >= 0.6 is 0 Å². The Balaban J connectivity index is 3.32. The van der Waals surface area contributed by atoms with E-state index in [2.05, 4.69) is 9.97 Å². The summed E-state index contributed by atoms with van der Waals surface area (Å²) >= 11 is 0. The predicted octanol–water partition coefficient (Wildman–Crippen LogP) is -0.103. The maximum absolute atomic E-state index is 11.2. The van der Waals surface area contributed by atoms with Crippen molar-refractivity contribution in [2.24, 2.45) is 0 Å². The van der Waals surface area contributed by atoms with E-state index in [-0.39, 0.29) is 16.9 Å². The van der Waals surface area contributed by atoms with Crippen molar-refractivity contribution in [2.75, 3.05) is 20.5 Å². The molecular formula is C7H10N2O4S. The molecule has 1 aromatic heterocycles. The van der Waals surface area contributed by atoms with E-state index in [0.717, 1.165) is 6.26 Å². The first-order valence-corrected chi connectivity index (χ1v) is 5.53. The third kappa shape index (κ3) is 2.32. The SMILES string of the molecule is COc1cc(S(C)(=O)=O)nc(OC)n1. The molecule has 7 heteroatoms. The van der Waals surface area contributed by atoms with Crippen molar-refractivity contribution < 1.29 is 17.9 Å². The van der Waals surface area contributed by atoms with Crippen molar-refractivity contribution in [3.05, 3.63) is 6.07 Å². The largest absolute Gasteiger partial charge is 0.481 e. The van der Waals surface area contributed by atoms with Crippen molar-refractivity contribution in [3.63, 3.8) is 0 Å². The molecule has 0 radical (unpaired) electrons. The molecule has 0 aromatic carbocycles. The van der Waals surface area contributed by atoms with Crippen molar-refractivity contribution in [3.8, 4) is 11.9 Å². The summed E-state index contributed by atoms with van der Waals surface area (Å²) in [6.07, 6.45) is 1.05. The Bertz CT molecular complexity index is 407. The molecule has 0 aliphatic carbocycles. The minimum Gasteiger partial charge on any atom is -0.481 e. The van der Waals surface area contributed by atoms with Crippen molar-refractivity contribution in [2.45, 2.75) is 5.03 Å². The first kappa shape index (κ1) is 10.7. The fourth-order valence-electron chi connectivity index (χ4n) is 0.770.